The zero-order valence-electron chi connectivity index (χ0n) is 16.2. The molecule has 0 spiro atoms. The maximum absolute atomic E-state index is 11.7. The summed E-state index contributed by atoms with van der Waals surface area (Å²) < 4.78 is 7.51. The average molecular weight is 423 g/mol. The zero-order valence-corrected chi connectivity index (χ0v) is 16.9. The molecule has 4 rings (SSSR count). The Morgan fingerprint density at radius 1 is 1.27 bits per heavy atom. The Balaban J connectivity index is 1.72. The van der Waals surface area contributed by atoms with Crippen LogP contribution in [-0.4, -0.2) is 33.0 Å². The smallest absolute Gasteiger partial charge is 0.271 e. The predicted molar refractivity (Wildman–Crippen MR) is 116 cm³/mol. The van der Waals surface area contributed by atoms with E-state index in [0.29, 0.717) is 17.1 Å². The number of allylic oxidation sites excluding steroid dienone is 4. The molecule has 0 aliphatic heterocycles. The van der Waals surface area contributed by atoms with Crippen molar-refractivity contribution in [3.63, 3.8) is 0 Å². The molecule has 0 unspecified atom stereocenters. The molecular formula is C21H19ClN6O2. The maximum atomic E-state index is 11.7. The van der Waals surface area contributed by atoms with Crippen LogP contribution in [0, 0.1) is 0 Å². The number of nitrogens with zero attached hydrogens (tertiary/aromatic N) is 4. The lowest BCUT2D eigenvalue weighted by molar-refractivity contribution is 0.0995. The number of carbonyl (C=O) groups excluding carboxylic acids is 1. The van der Waals surface area contributed by atoms with E-state index in [-0.39, 0.29) is 10.8 Å². The first-order valence-electron chi connectivity index (χ1n) is 9.26. The fourth-order valence-electron chi connectivity index (χ4n) is 3.25. The molecule has 0 saturated carbocycles. The Hall–Kier alpha value is -3.65. The van der Waals surface area contributed by atoms with Crippen molar-refractivity contribution in [1.82, 2.24) is 20.0 Å². The summed E-state index contributed by atoms with van der Waals surface area (Å²) in [6.07, 6.45) is 12.1. The van der Waals surface area contributed by atoms with Gasteiger partial charge in [0, 0.05) is 23.4 Å². The number of ether oxygens (including phenoxy) is 1. The second-order valence-electron chi connectivity index (χ2n) is 6.59. The van der Waals surface area contributed by atoms with Crippen LogP contribution in [0.1, 0.15) is 23.3 Å². The second-order valence-corrected chi connectivity index (χ2v) is 6.97. The molecule has 30 heavy (non-hydrogen) atoms. The highest BCUT2D eigenvalue weighted by Gasteiger charge is 2.17. The number of halogens is 1. The van der Waals surface area contributed by atoms with Gasteiger partial charge < -0.3 is 15.8 Å². The normalized spacial score (nSPS) is 13.1. The van der Waals surface area contributed by atoms with Gasteiger partial charge in [-0.05, 0) is 25.0 Å². The minimum Gasteiger partial charge on any atom is -0.494 e. The number of nitrogens with one attached hydrogen (secondary N) is 1. The van der Waals surface area contributed by atoms with Gasteiger partial charge in [0.1, 0.15) is 5.75 Å². The van der Waals surface area contributed by atoms with Crippen LogP contribution >= 0.6 is 11.6 Å². The van der Waals surface area contributed by atoms with Crippen LogP contribution < -0.4 is 15.8 Å². The first kappa shape index (κ1) is 19.7. The molecule has 8 nitrogen and oxygen atoms in total. The summed E-state index contributed by atoms with van der Waals surface area (Å²) in [5.41, 5.74) is 9.10. The van der Waals surface area contributed by atoms with E-state index in [4.69, 9.17) is 22.1 Å². The van der Waals surface area contributed by atoms with E-state index in [1.54, 1.807) is 13.3 Å². The number of hydrogen-bond donors (Lipinski definition) is 2. The van der Waals surface area contributed by atoms with Crippen molar-refractivity contribution in [1.29, 1.82) is 0 Å². The lowest BCUT2D eigenvalue weighted by Crippen LogP contribution is -2.16. The van der Waals surface area contributed by atoms with E-state index < -0.39 is 5.91 Å². The summed E-state index contributed by atoms with van der Waals surface area (Å²) >= 11 is 5.95. The Kier molecular flexibility index (Phi) is 5.49. The number of rotatable bonds is 6. The highest BCUT2D eigenvalue weighted by Crippen LogP contribution is 2.38. The molecule has 3 aromatic rings. The molecule has 0 fully saturated rings. The second kappa shape index (κ2) is 8.38. The highest BCUT2D eigenvalue weighted by atomic mass is 35.5. The fraction of sp³-hybridized carbons (Fsp3) is 0.143. The summed E-state index contributed by atoms with van der Waals surface area (Å²) in [6.45, 7) is 0. The summed E-state index contributed by atoms with van der Waals surface area (Å²) in [5, 5.41) is 15.2. The lowest BCUT2D eigenvalue weighted by atomic mass is 10.1. The Bertz CT molecular complexity index is 1170. The summed E-state index contributed by atoms with van der Waals surface area (Å²) in [6, 6.07) is 7.11. The highest BCUT2D eigenvalue weighted by molar-refractivity contribution is 6.29. The zero-order chi connectivity index (χ0) is 21.1. The minimum atomic E-state index is -0.716. The van der Waals surface area contributed by atoms with Crippen molar-refractivity contribution in [3.05, 3.63) is 65.7 Å². The van der Waals surface area contributed by atoms with Crippen LogP contribution in [0.15, 0.2) is 54.9 Å². The number of benzene rings is 1. The number of amides is 1. The summed E-state index contributed by atoms with van der Waals surface area (Å²) in [4.78, 5) is 11.7. The number of nitrogens with two attached hydrogens (primary N) is 1. The van der Waals surface area contributed by atoms with E-state index in [0.717, 1.165) is 29.7 Å². The molecule has 0 saturated heterocycles. The van der Waals surface area contributed by atoms with Gasteiger partial charge in [-0.3, -0.25) is 4.79 Å². The van der Waals surface area contributed by atoms with Gasteiger partial charge in [0.15, 0.2) is 10.8 Å². The Morgan fingerprint density at radius 3 is 2.87 bits per heavy atom. The lowest BCUT2D eigenvalue weighted by Gasteiger charge is -2.15. The van der Waals surface area contributed by atoms with Gasteiger partial charge in [0.25, 0.3) is 5.91 Å². The van der Waals surface area contributed by atoms with E-state index >= 15 is 0 Å². The van der Waals surface area contributed by atoms with Gasteiger partial charge in [0.2, 0.25) is 0 Å². The van der Waals surface area contributed by atoms with Crippen LogP contribution in [0.5, 0.6) is 5.75 Å². The average Bonchev–Trinajstić information content (AvgIpc) is 3.24. The quantitative estimate of drug-likeness (QED) is 0.620. The number of anilines is 2. The number of primary amides is 1. The first-order valence-corrected chi connectivity index (χ1v) is 9.64. The van der Waals surface area contributed by atoms with Gasteiger partial charge in [-0.2, -0.15) is 5.10 Å². The van der Waals surface area contributed by atoms with Crippen LogP contribution in [0.2, 0.25) is 5.15 Å². The molecule has 3 N–H and O–H groups in total. The number of hydrogen-bond acceptors (Lipinski definition) is 6. The third-order valence-electron chi connectivity index (χ3n) is 4.62. The SMILES string of the molecule is COc1c(Nc2cc(Cl)nnc2C(N)=O)cccc1-c1cnn(C2=CCCC=C2)c1. The van der Waals surface area contributed by atoms with Crippen molar-refractivity contribution < 1.29 is 9.53 Å². The van der Waals surface area contributed by atoms with Crippen LogP contribution in [0.25, 0.3) is 16.8 Å². The van der Waals surface area contributed by atoms with Crippen molar-refractivity contribution in [2.24, 2.45) is 5.73 Å². The first-order chi connectivity index (χ1) is 14.6. The van der Waals surface area contributed by atoms with E-state index in [2.05, 4.69) is 38.8 Å². The molecule has 1 aromatic carbocycles. The van der Waals surface area contributed by atoms with E-state index in [9.17, 15) is 4.79 Å². The molecular weight excluding hydrogens is 404 g/mol. The van der Waals surface area contributed by atoms with E-state index in [1.165, 1.54) is 6.07 Å². The van der Waals surface area contributed by atoms with Crippen LogP contribution in [0.4, 0.5) is 11.4 Å². The molecule has 0 bridgehead atoms. The molecule has 0 radical (unpaired) electrons. The van der Waals surface area contributed by atoms with Crippen molar-refractivity contribution in [3.8, 4) is 16.9 Å². The largest absolute Gasteiger partial charge is 0.494 e. The molecule has 1 amide bonds. The molecule has 1 aliphatic rings. The van der Waals surface area contributed by atoms with E-state index in [1.807, 2.05) is 29.1 Å². The third-order valence-corrected chi connectivity index (χ3v) is 4.80. The molecule has 152 valence electrons. The van der Waals surface area contributed by atoms with Gasteiger partial charge in [-0.15, -0.1) is 10.2 Å². The molecule has 2 aromatic heterocycles. The third kappa shape index (κ3) is 3.90. The topological polar surface area (TPSA) is 108 Å². The van der Waals surface area contributed by atoms with Crippen LogP contribution in [-0.2, 0) is 0 Å². The molecule has 9 heteroatoms. The predicted octanol–water partition coefficient (Wildman–Crippen LogP) is 4.04. The van der Waals surface area contributed by atoms with Crippen molar-refractivity contribution >= 4 is 34.6 Å². The monoisotopic (exact) mass is 422 g/mol. The number of para-hydroxylation sites is 1. The molecule has 0 atom stereocenters. The Morgan fingerprint density at radius 2 is 2.13 bits per heavy atom. The van der Waals surface area contributed by atoms with Crippen molar-refractivity contribution in [2.45, 2.75) is 12.8 Å². The maximum Gasteiger partial charge on any atom is 0.271 e. The molecule has 2 heterocycles. The minimum absolute atomic E-state index is 0.0179. The van der Waals surface area contributed by atoms with Crippen molar-refractivity contribution in [2.75, 3.05) is 12.4 Å². The van der Waals surface area contributed by atoms with Gasteiger partial charge >= 0.3 is 0 Å². The Labute approximate surface area is 178 Å². The summed E-state index contributed by atoms with van der Waals surface area (Å²) in [7, 11) is 1.58. The molecule has 1 aliphatic carbocycles. The van der Waals surface area contributed by atoms with Gasteiger partial charge in [-0.1, -0.05) is 35.9 Å². The van der Waals surface area contributed by atoms with Gasteiger partial charge in [-0.25, -0.2) is 4.68 Å². The number of aromatic nitrogens is 4. The number of methoxy groups -OCH3 is 1. The fourth-order valence-corrected chi connectivity index (χ4v) is 3.39. The van der Waals surface area contributed by atoms with Gasteiger partial charge in [0.05, 0.1) is 30.4 Å². The standard InChI is InChI=1S/C21H19ClN6O2/c1-30-20-15(13-11-24-28(12-13)14-6-3-2-4-7-14)8-5-9-16(20)25-17-10-18(22)26-27-19(17)21(23)29/h3,5-12H,2,4H2,1H3,(H2,23,29)(H,25,26). The van der Waals surface area contributed by atoms with Crippen LogP contribution in [0.3, 0.4) is 0 Å². The number of carbonyl (C=O) groups is 1. The summed E-state index contributed by atoms with van der Waals surface area (Å²) in [5.74, 6) is -0.138.